The molecule has 16 heavy (non-hydrogen) atoms. The van der Waals surface area contributed by atoms with Crippen LogP contribution in [0, 0.1) is 5.82 Å². The highest BCUT2D eigenvalue weighted by molar-refractivity contribution is 5.42. The highest BCUT2D eigenvalue weighted by atomic mass is 19.1. The molecule has 3 rings (SSSR count). The summed E-state index contributed by atoms with van der Waals surface area (Å²) in [5.74, 6) is 1.06. The zero-order valence-corrected chi connectivity index (χ0v) is 8.61. The molecular formula is C13H10FNO. The molecule has 3 heteroatoms. The minimum atomic E-state index is -0.272. The summed E-state index contributed by atoms with van der Waals surface area (Å²) in [5, 5.41) is 0. The second-order valence-corrected chi connectivity index (χ2v) is 3.80. The van der Waals surface area contributed by atoms with E-state index in [0.717, 1.165) is 29.8 Å². The maximum atomic E-state index is 13.1. The average Bonchev–Trinajstić information content (AvgIpc) is 2.47. The van der Waals surface area contributed by atoms with Crippen LogP contribution in [0.3, 0.4) is 0 Å². The first-order valence-electron chi connectivity index (χ1n) is 5.23. The Kier molecular flexibility index (Phi) is 2.10. The SMILES string of the molecule is Fc1ccc2c(c1)Oc1cccnc1CC2. The summed E-state index contributed by atoms with van der Waals surface area (Å²) in [6, 6.07) is 8.35. The Balaban J connectivity index is 2.10. The summed E-state index contributed by atoms with van der Waals surface area (Å²) >= 11 is 0. The summed E-state index contributed by atoms with van der Waals surface area (Å²) in [7, 11) is 0. The van der Waals surface area contributed by atoms with Gasteiger partial charge in [0.05, 0.1) is 5.69 Å². The van der Waals surface area contributed by atoms with Gasteiger partial charge in [0, 0.05) is 12.3 Å². The van der Waals surface area contributed by atoms with Crippen molar-refractivity contribution < 1.29 is 9.13 Å². The molecule has 2 nitrogen and oxygen atoms in total. The first-order chi connectivity index (χ1) is 7.83. The van der Waals surface area contributed by atoms with Crippen LogP contribution in [0.1, 0.15) is 11.3 Å². The Morgan fingerprint density at radius 2 is 2.06 bits per heavy atom. The predicted octanol–water partition coefficient (Wildman–Crippen LogP) is 3.11. The number of rotatable bonds is 0. The second-order valence-electron chi connectivity index (χ2n) is 3.80. The van der Waals surface area contributed by atoms with Gasteiger partial charge >= 0.3 is 0 Å². The fraction of sp³-hybridized carbons (Fsp3) is 0.154. The van der Waals surface area contributed by atoms with E-state index in [2.05, 4.69) is 4.98 Å². The minimum Gasteiger partial charge on any atom is -0.455 e. The largest absolute Gasteiger partial charge is 0.455 e. The number of pyridine rings is 1. The number of nitrogens with zero attached hydrogens (tertiary/aromatic N) is 1. The number of aryl methyl sites for hydroxylation is 2. The minimum absolute atomic E-state index is 0.272. The second kappa shape index (κ2) is 3.59. The molecule has 0 N–H and O–H groups in total. The summed E-state index contributed by atoms with van der Waals surface area (Å²) in [6.45, 7) is 0. The van der Waals surface area contributed by atoms with E-state index in [-0.39, 0.29) is 5.82 Å². The molecule has 1 aromatic carbocycles. The molecule has 1 aromatic heterocycles. The van der Waals surface area contributed by atoms with Gasteiger partial charge in [-0.05, 0) is 36.6 Å². The molecule has 0 bridgehead atoms. The predicted molar refractivity (Wildman–Crippen MR) is 58.1 cm³/mol. The third-order valence-electron chi connectivity index (χ3n) is 2.73. The monoisotopic (exact) mass is 215 g/mol. The molecule has 2 aromatic rings. The number of benzene rings is 1. The molecule has 0 fully saturated rings. The highest BCUT2D eigenvalue weighted by Gasteiger charge is 2.15. The lowest BCUT2D eigenvalue weighted by Gasteiger charge is -2.07. The maximum absolute atomic E-state index is 13.1. The lowest BCUT2D eigenvalue weighted by molar-refractivity contribution is 0.471. The van der Waals surface area contributed by atoms with Crippen LogP contribution in [-0.4, -0.2) is 4.98 Å². The fourth-order valence-corrected chi connectivity index (χ4v) is 1.91. The van der Waals surface area contributed by atoms with E-state index < -0.39 is 0 Å². The average molecular weight is 215 g/mol. The lowest BCUT2D eigenvalue weighted by atomic mass is 10.1. The first kappa shape index (κ1) is 9.33. The summed E-state index contributed by atoms with van der Waals surface area (Å²) in [5.41, 5.74) is 1.96. The van der Waals surface area contributed by atoms with E-state index in [0.29, 0.717) is 5.75 Å². The van der Waals surface area contributed by atoms with Crippen molar-refractivity contribution >= 4 is 0 Å². The molecule has 1 aliphatic rings. The van der Waals surface area contributed by atoms with Gasteiger partial charge < -0.3 is 4.74 Å². The van der Waals surface area contributed by atoms with Gasteiger partial charge in [-0.2, -0.15) is 0 Å². The van der Waals surface area contributed by atoms with Crippen molar-refractivity contribution in [3.05, 3.63) is 53.6 Å². The van der Waals surface area contributed by atoms with Gasteiger partial charge in [-0.15, -0.1) is 0 Å². The van der Waals surface area contributed by atoms with Crippen LogP contribution >= 0.6 is 0 Å². The van der Waals surface area contributed by atoms with Crippen LogP contribution in [0.15, 0.2) is 36.5 Å². The number of fused-ring (bicyclic) bond motifs is 2. The Bertz CT molecular complexity index is 539. The summed E-state index contributed by atoms with van der Waals surface area (Å²) < 4.78 is 18.8. The topological polar surface area (TPSA) is 22.1 Å². The van der Waals surface area contributed by atoms with Crippen LogP contribution in [0.5, 0.6) is 11.5 Å². The number of hydrogen-bond acceptors (Lipinski definition) is 2. The number of ether oxygens (including phenoxy) is 1. The molecule has 0 saturated carbocycles. The summed E-state index contributed by atoms with van der Waals surface area (Å²) in [6.07, 6.45) is 3.41. The fourth-order valence-electron chi connectivity index (χ4n) is 1.91. The first-order valence-corrected chi connectivity index (χ1v) is 5.23. The van der Waals surface area contributed by atoms with Gasteiger partial charge in [0.25, 0.3) is 0 Å². The van der Waals surface area contributed by atoms with Crippen molar-refractivity contribution in [2.24, 2.45) is 0 Å². The van der Waals surface area contributed by atoms with Gasteiger partial charge in [0.15, 0.2) is 0 Å². The van der Waals surface area contributed by atoms with Crippen LogP contribution < -0.4 is 4.74 Å². The lowest BCUT2D eigenvalue weighted by Crippen LogP contribution is -1.91. The third-order valence-corrected chi connectivity index (χ3v) is 2.73. The van der Waals surface area contributed by atoms with Crippen molar-refractivity contribution in [3.8, 4) is 11.5 Å². The molecule has 0 radical (unpaired) electrons. The zero-order chi connectivity index (χ0) is 11.0. The third kappa shape index (κ3) is 1.54. The maximum Gasteiger partial charge on any atom is 0.148 e. The Hall–Kier alpha value is -1.90. The van der Waals surface area contributed by atoms with E-state index in [9.17, 15) is 4.39 Å². The Morgan fingerprint density at radius 1 is 1.12 bits per heavy atom. The quantitative estimate of drug-likeness (QED) is 0.673. The van der Waals surface area contributed by atoms with Crippen LogP contribution in [0.2, 0.25) is 0 Å². The molecule has 0 aliphatic carbocycles. The normalized spacial score (nSPS) is 13.3. The number of aromatic nitrogens is 1. The molecule has 2 heterocycles. The molecule has 0 spiro atoms. The van der Waals surface area contributed by atoms with E-state index in [4.69, 9.17) is 4.74 Å². The van der Waals surface area contributed by atoms with Crippen molar-refractivity contribution in [2.75, 3.05) is 0 Å². The van der Waals surface area contributed by atoms with E-state index in [1.165, 1.54) is 12.1 Å². The van der Waals surface area contributed by atoms with Crippen LogP contribution in [-0.2, 0) is 12.8 Å². The van der Waals surface area contributed by atoms with E-state index in [1.54, 1.807) is 12.3 Å². The van der Waals surface area contributed by atoms with Crippen molar-refractivity contribution in [2.45, 2.75) is 12.8 Å². The zero-order valence-electron chi connectivity index (χ0n) is 8.61. The van der Waals surface area contributed by atoms with Crippen molar-refractivity contribution in [3.63, 3.8) is 0 Å². The highest BCUT2D eigenvalue weighted by Crippen LogP contribution is 2.32. The molecule has 80 valence electrons. The van der Waals surface area contributed by atoms with E-state index >= 15 is 0 Å². The molecule has 0 atom stereocenters. The number of halogens is 1. The van der Waals surface area contributed by atoms with E-state index in [1.807, 2.05) is 12.1 Å². The molecule has 0 unspecified atom stereocenters. The van der Waals surface area contributed by atoms with Crippen LogP contribution in [0.4, 0.5) is 4.39 Å². The molecular weight excluding hydrogens is 205 g/mol. The summed E-state index contributed by atoms with van der Waals surface area (Å²) in [4.78, 5) is 4.27. The standard InChI is InChI=1S/C13H10FNO/c14-10-5-3-9-4-6-11-12(2-1-7-15-11)16-13(9)8-10/h1-3,5,7-8H,4,6H2. The van der Waals surface area contributed by atoms with Gasteiger partial charge in [-0.25, -0.2) is 4.39 Å². The van der Waals surface area contributed by atoms with Crippen molar-refractivity contribution in [1.29, 1.82) is 0 Å². The smallest absolute Gasteiger partial charge is 0.148 e. The van der Waals surface area contributed by atoms with Gasteiger partial charge in [0.1, 0.15) is 17.3 Å². The van der Waals surface area contributed by atoms with Gasteiger partial charge in [-0.1, -0.05) is 6.07 Å². The Morgan fingerprint density at radius 3 is 3.00 bits per heavy atom. The van der Waals surface area contributed by atoms with Crippen LogP contribution in [0.25, 0.3) is 0 Å². The molecule has 0 amide bonds. The Labute approximate surface area is 92.7 Å². The van der Waals surface area contributed by atoms with Gasteiger partial charge in [0.2, 0.25) is 0 Å². The molecule has 1 aliphatic heterocycles. The molecule has 0 saturated heterocycles. The number of hydrogen-bond donors (Lipinski definition) is 0. The van der Waals surface area contributed by atoms with Gasteiger partial charge in [-0.3, -0.25) is 4.98 Å². The van der Waals surface area contributed by atoms with Crippen molar-refractivity contribution in [1.82, 2.24) is 4.98 Å².